The molecule has 1 aromatic carbocycles. The Morgan fingerprint density at radius 2 is 2.10 bits per heavy atom. The molecule has 2 rings (SSSR count). The first-order valence-corrected chi connectivity index (χ1v) is 7.28. The second kappa shape index (κ2) is 6.69. The second-order valence-electron chi connectivity index (χ2n) is 4.18. The standard InChI is InChI=1S/C14H15ClN2O3S/c1-19-8-5-10(13(16)11(6-8)20-2)14(18)17-7-9-3-4-12(15)21-9/h3-6H,7,16H2,1-2H3,(H,17,18). The maximum absolute atomic E-state index is 12.3. The van der Waals surface area contributed by atoms with Gasteiger partial charge in [-0.1, -0.05) is 11.6 Å². The molecule has 0 radical (unpaired) electrons. The summed E-state index contributed by atoms with van der Waals surface area (Å²) in [7, 11) is 3.00. The predicted molar refractivity (Wildman–Crippen MR) is 84.5 cm³/mol. The van der Waals surface area contributed by atoms with Crippen LogP contribution in [0.4, 0.5) is 5.69 Å². The van der Waals surface area contributed by atoms with Gasteiger partial charge in [0, 0.05) is 10.9 Å². The Balaban J connectivity index is 2.18. The van der Waals surface area contributed by atoms with Gasteiger partial charge in [-0.25, -0.2) is 0 Å². The summed E-state index contributed by atoms with van der Waals surface area (Å²) in [5.41, 5.74) is 6.52. The van der Waals surface area contributed by atoms with E-state index in [1.54, 1.807) is 18.2 Å². The first kappa shape index (κ1) is 15.5. The number of halogens is 1. The van der Waals surface area contributed by atoms with Crippen LogP contribution in [0.2, 0.25) is 4.34 Å². The molecule has 0 fully saturated rings. The molecule has 1 aromatic heterocycles. The minimum Gasteiger partial charge on any atom is -0.497 e. The van der Waals surface area contributed by atoms with Crippen LogP contribution in [-0.4, -0.2) is 20.1 Å². The van der Waals surface area contributed by atoms with Crippen LogP contribution in [-0.2, 0) is 6.54 Å². The number of hydrogen-bond acceptors (Lipinski definition) is 5. The third-order valence-electron chi connectivity index (χ3n) is 2.87. The molecular formula is C14H15ClN2O3S. The summed E-state index contributed by atoms with van der Waals surface area (Å²) in [6, 6.07) is 6.86. The van der Waals surface area contributed by atoms with E-state index >= 15 is 0 Å². The zero-order valence-corrected chi connectivity index (χ0v) is 13.2. The molecule has 0 aliphatic heterocycles. The van der Waals surface area contributed by atoms with Crippen molar-refractivity contribution < 1.29 is 14.3 Å². The third kappa shape index (κ3) is 3.59. The quantitative estimate of drug-likeness (QED) is 0.828. The van der Waals surface area contributed by atoms with Crippen LogP contribution in [0.5, 0.6) is 11.5 Å². The number of anilines is 1. The molecule has 0 unspecified atom stereocenters. The topological polar surface area (TPSA) is 73.6 Å². The predicted octanol–water partition coefficient (Wildman–Crippen LogP) is 2.93. The minimum atomic E-state index is -0.297. The lowest BCUT2D eigenvalue weighted by Gasteiger charge is -2.12. The van der Waals surface area contributed by atoms with Gasteiger partial charge in [0.25, 0.3) is 5.91 Å². The summed E-state index contributed by atoms with van der Waals surface area (Å²) in [6.07, 6.45) is 0. The lowest BCUT2D eigenvalue weighted by Crippen LogP contribution is -2.23. The van der Waals surface area contributed by atoms with Gasteiger partial charge < -0.3 is 20.5 Å². The highest BCUT2D eigenvalue weighted by Gasteiger charge is 2.16. The molecule has 2 aromatic rings. The van der Waals surface area contributed by atoms with E-state index in [0.29, 0.717) is 27.9 Å². The van der Waals surface area contributed by atoms with E-state index < -0.39 is 0 Å². The maximum Gasteiger partial charge on any atom is 0.253 e. The summed E-state index contributed by atoms with van der Waals surface area (Å²) < 4.78 is 11.0. The number of hydrogen-bond donors (Lipinski definition) is 2. The van der Waals surface area contributed by atoms with Gasteiger partial charge in [-0.15, -0.1) is 11.3 Å². The van der Waals surface area contributed by atoms with E-state index in [0.717, 1.165) is 4.88 Å². The first-order chi connectivity index (χ1) is 10.0. The van der Waals surface area contributed by atoms with Crippen molar-refractivity contribution in [2.45, 2.75) is 6.54 Å². The van der Waals surface area contributed by atoms with Gasteiger partial charge in [-0.2, -0.15) is 0 Å². The Kier molecular flexibility index (Phi) is 4.93. The summed E-state index contributed by atoms with van der Waals surface area (Å²) in [4.78, 5) is 13.2. The molecule has 7 heteroatoms. The normalized spacial score (nSPS) is 10.2. The molecule has 0 aliphatic carbocycles. The fourth-order valence-electron chi connectivity index (χ4n) is 1.79. The van der Waals surface area contributed by atoms with Crippen molar-refractivity contribution in [3.8, 4) is 11.5 Å². The van der Waals surface area contributed by atoms with E-state index in [2.05, 4.69) is 5.32 Å². The Labute approximate surface area is 131 Å². The average molecular weight is 327 g/mol. The van der Waals surface area contributed by atoms with Crippen molar-refractivity contribution in [3.63, 3.8) is 0 Å². The Hall–Kier alpha value is -1.92. The van der Waals surface area contributed by atoms with Gasteiger partial charge in [0.1, 0.15) is 11.5 Å². The van der Waals surface area contributed by atoms with Crippen molar-refractivity contribution in [1.29, 1.82) is 0 Å². The van der Waals surface area contributed by atoms with E-state index in [4.69, 9.17) is 26.8 Å². The Morgan fingerprint density at radius 1 is 1.33 bits per heavy atom. The summed E-state index contributed by atoms with van der Waals surface area (Å²) in [5, 5.41) is 2.79. The highest BCUT2D eigenvalue weighted by molar-refractivity contribution is 7.16. The van der Waals surface area contributed by atoms with Crippen LogP contribution in [0, 0.1) is 0 Å². The molecule has 0 spiro atoms. The molecule has 0 saturated carbocycles. The highest BCUT2D eigenvalue weighted by Crippen LogP contribution is 2.31. The number of carbonyl (C=O) groups is 1. The second-order valence-corrected chi connectivity index (χ2v) is 5.98. The van der Waals surface area contributed by atoms with Crippen LogP contribution >= 0.6 is 22.9 Å². The largest absolute Gasteiger partial charge is 0.497 e. The number of benzene rings is 1. The molecule has 1 amide bonds. The summed E-state index contributed by atoms with van der Waals surface area (Å²) in [6.45, 7) is 0.384. The Bertz CT molecular complexity index is 658. The number of nitrogen functional groups attached to an aromatic ring is 1. The SMILES string of the molecule is COc1cc(OC)c(N)c(C(=O)NCc2ccc(Cl)s2)c1. The van der Waals surface area contributed by atoms with Gasteiger partial charge in [0.05, 0.1) is 36.4 Å². The number of thiophene rings is 1. The lowest BCUT2D eigenvalue weighted by molar-refractivity contribution is 0.0951. The third-order valence-corrected chi connectivity index (χ3v) is 4.10. The first-order valence-electron chi connectivity index (χ1n) is 6.09. The molecule has 0 bridgehead atoms. The molecule has 112 valence electrons. The van der Waals surface area contributed by atoms with Gasteiger partial charge >= 0.3 is 0 Å². The molecule has 3 N–H and O–H groups in total. The van der Waals surface area contributed by atoms with Crippen molar-refractivity contribution in [2.24, 2.45) is 0 Å². The smallest absolute Gasteiger partial charge is 0.253 e. The lowest BCUT2D eigenvalue weighted by atomic mass is 10.1. The molecule has 5 nitrogen and oxygen atoms in total. The van der Waals surface area contributed by atoms with E-state index in [9.17, 15) is 4.79 Å². The maximum atomic E-state index is 12.3. The molecule has 0 atom stereocenters. The number of methoxy groups -OCH3 is 2. The van der Waals surface area contributed by atoms with Crippen molar-refractivity contribution >= 4 is 34.5 Å². The van der Waals surface area contributed by atoms with Gasteiger partial charge in [-0.3, -0.25) is 4.79 Å². The summed E-state index contributed by atoms with van der Waals surface area (Å²) in [5.74, 6) is 0.609. The van der Waals surface area contributed by atoms with Gasteiger partial charge in [0.15, 0.2) is 0 Å². The molecule has 21 heavy (non-hydrogen) atoms. The van der Waals surface area contributed by atoms with E-state index in [-0.39, 0.29) is 11.6 Å². The number of ether oxygens (including phenoxy) is 2. The van der Waals surface area contributed by atoms with Crippen LogP contribution in [0.1, 0.15) is 15.2 Å². The number of nitrogens with two attached hydrogens (primary N) is 1. The number of amides is 1. The number of rotatable bonds is 5. The van der Waals surface area contributed by atoms with Crippen LogP contribution in [0.3, 0.4) is 0 Å². The average Bonchev–Trinajstić information content (AvgIpc) is 2.90. The minimum absolute atomic E-state index is 0.278. The van der Waals surface area contributed by atoms with Crippen LogP contribution < -0.4 is 20.5 Å². The Morgan fingerprint density at radius 3 is 2.67 bits per heavy atom. The van der Waals surface area contributed by atoms with E-state index in [1.165, 1.54) is 25.6 Å². The number of carbonyl (C=O) groups excluding carboxylic acids is 1. The van der Waals surface area contributed by atoms with Crippen molar-refractivity contribution in [1.82, 2.24) is 5.32 Å². The van der Waals surface area contributed by atoms with Crippen LogP contribution in [0.15, 0.2) is 24.3 Å². The number of nitrogens with one attached hydrogen (secondary N) is 1. The molecular weight excluding hydrogens is 312 g/mol. The fourth-order valence-corrected chi connectivity index (χ4v) is 2.81. The zero-order chi connectivity index (χ0) is 15.4. The van der Waals surface area contributed by atoms with Gasteiger partial charge in [-0.05, 0) is 18.2 Å². The molecule has 0 aliphatic rings. The van der Waals surface area contributed by atoms with E-state index in [1.807, 2.05) is 6.07 Å². The zero-order valence-electron chi connectivity index (χ0n) is 11.6. The molecule has 1 heterocycles. The highest BCUT2D eigenvalue weighted by atomic mass is 35.5. The fraction of sp³-hybridized carbons (Fsp3) is 0.214. The monoisotopic (exact) mass is 326 g/mol. The van der Waals surface area contributed by atoms with Gasteiger partial charge in [0.2, 0.25) is 0 Å². The van der Waals surface area contributed by atoms with Crippen LogP contribution in [0.25, 0.3) is 0 Å². The molecule has 0 saturated heterocycles. The van der Waals surface area contributed by atoms with Crippen molar-refractivity contribution in [2.75, 3.05) is 20.0 Å². The summed E-state index contributed by atoms with van der Waals surface area (Å²) >= 11 is 7.26. The van der Waals surface area contributed by atoms with Crippen molar-refractivity contribution in [3.05, 3.63) is 39.0 Å².